The van der Waals surface area contributed by atoms with Crippen LogP contribution in [0.15, 0.2) is 30.3 Å². The Kier molecular flexibility index (Phi) is 7.82. The van der Waals surface area contributed by atoms with E-state index in [1.54, 1.807) is 26.4 Å². The highest BCUT2D eigenvalue weighted by Crippen LogP contribution is 2.44. The van der Waals surface area contributed by atoms with Crippen LogP contribution in [0.1, 0.15) is 62.3 Å². The van der Waals surface area contributed by atoms with Crippen LogP contribution in [0.3, 0.4) is 0 Å². The van der Waals surface area contributed by atoms with Gasteiger partial charge in [0.05, 0.1) is 20.3 Å². The predicted molar refractivity (Wildman–Crippen MR) is 122 cm³/mol. The Hall–Kier alpha value is -2.27. The fourth-order valence-electron chi connectivity index (χ4n) is 4.45. The Labute approximate surface area is 189 Å². The minimum atomic E-state index is -0.611. The van der Waals surface area contributed by atoms with Gasteiger partial charge >= 0.3 is 0 Å². The lowest BCUT2D eigenvalue weighted by Crippen LogP contribution is -2.44. The maximum atomic E-state index is 15.1. The van der Waals surface area contributed by atoms with Crippen molar-refractivity contribution in [3.05, 3.63) is 57.9 Å². The van der Waals surface area contributed by atoms with Crippen molar-refractivity contribution in [1.29, 1.82) is 0 Å². The summed E-state index contributed by atoms with van der Waals surface area (Å²) in [5.41, 5.74) is 2.17. The molecule has 6 heteroatoms. The van der Waals surface area contributed by atoms with E-state index in [0.717, 1.165) is 36.8 Å². The molecule has 0 spiro atoms. The number of rotatable bonds is 8. The number of halogens is 2. The van der Waals surface area contributed by atoms with Crippen molar-refractivity contribution in [1.82, 2.24) is 4.90 Å². The number of hydrogen-bond donors (Lipinski definition) is 0. The number of fused-ring (bicyclic) bond motifs is 1. The van der Waals surface area contributed by atoms with Gasteiger partial charge in [0.1, 0.15) is 5.82 Å². The molecule has 4 nitrogen and oxygen atoms in total. The molecule has 2 aromatic rings. The Morgan fingerprint density at radius 2 is 1.94 bits per heavy atom. The summed E-state index contributed by atoms with van der Waals surface area (Å²) in [4.78, 5) is 15.4. The van der Waals surface area contributed by atoms with Gasteiger partial charge in [-0.25, -0.2) is 4.39 Å². The molecule has 0 bridgehead atoms. The maximum absolute atomic E-state index is 15.1. The van der Waals surface area contributed by atoms with Crippen LogP contribution in [0.2, 0.25) is 5.02 Å². The molecule has 0 saturated heterocycles. The summed E-state index contributed by atoms with van der Waals surface area (Å²) in [6.45, 7) is 4.66. The summed E-state index contributed by atoms with van der Waals surface area (Å²) >= 11 is 6.49. The smallest absolute Gasteiger partial charge is 0.226 e. The standard InChI is InChI=1S/C25H31ClFNO3/c1-5-7-9-16(6-2)25(29)28-13-12-17-14-21(30-3)22(31-4)15-18(17)24(28)23-19(26)10-8-11-20(23)27/h8,10-11,14-16,24H,5-7,9,12-13H2,1-4H3/t16-,24+/m0/s1. The lowest BCUT2D eigenvalue weighted by atomic mass is 9.85. The SMILES string of the molecule is CCCC[C@H](CC)C(=O)N1CCc2cc(OC)c(OC)cc2[C@@H]1c1c(F)cccc1Cl. The van der Waals surface area contributed by atoms with E-state index in [4.69, 9.17) is 21.1 Å². The Morgan fingerprint density at radius 3 is 2.55 bits per heavy atom. The summed E-state index contributed by atoms with van der Waals surface area (Å²) in [7, 11) is 3.16. The molecule has 2 atom stereocenters. The van der Waals surface area contributed by atoms with Gasteiger partial charge in [-0.1, -0.05) is 44.4 Å². The molecule has 0 aromatic heterocycles. The number of nitrogens with zero attached hydrogens (tertiary/aromatic N) is 1. The lowest BCUT2D eigenvalue weighted by Gasteiger charge is -2.40. The molecule has 1 amide bonds. The van der Waals surface area contributed by atoms with E-state index in [2.05, 4.69) is 6.92 Å². The largest absolute Gasteiger partial charge is 0.493 e. The first-order valence-electron chi connectivity index (χ1n) is 11.0. The quantitative estimate of drug-likeness (QED) is 0.484. The molecular formula is C25H31ClFNO3. The summed E-state index contributed by atoms with van der Waals surface area (Å²) in [5.74, 6) is 0.717. The van der Waals surface area contributed by atoms with Crippen LogP contribution in [-0.4, -0.2) is 31.6 Å². The van der Waals surface area contributed by atoms with Gasteiger partial charge in [-0.15, -0.1) is 0 Å². The van der Waals surface area contributed by atoms with Crippen LogP contribution in [-0.2, 0) is 11.2 Å². The molecule has 3 rings (SSSR count). The molecule has 0 radical (unpaired) electrons. The summed E-state index contributed by atoms with van der Waals surface area (Å²) < 4.78 is 26.1. The molecule has 1 heterocycles. The molecule has 31 heavy (non-hydrogen) atoms. The van der Waals surface area contributed by atoms with Crippen molar-refractivity contribution in [3.63, 3.8) is 0 Å². The van der Waals surface area contributed by atoms with Crippen molar-refractivity contribution < 1.29 is 18.7 Å². The van der Waals surface area contributed by atoms with E-state index >= 15 is 4.39 Å². The number of amides is 1. The van der Waals surface area contributed by atoms with Gasteiger partial charge in [0.2, 0.25) is 5.91 Å². The predicted octanol–water partition coefficient (Wildman–Crippen LogP) is 6.19. The zero-order valence-electron chi connectivity index (χ0n) is 18.7. The third kappa shape index (κ3) is 4.67. The highest BCUT2D eigenvalue weighted by Gasteiger charge is 2.37. The monoisotopic (exact) mass is 447 g/mol. The second-order valence-electron chi connectivity index (χ2n) is 7.97. The van der Waals surface area contributed by atoms with Crippen molar-refractivity contribution in [3.8, 4) is 11.5 Å². The third-order valence-electron chi connectivity index (χ3n) is 6.18. The minimum Gasteiger partial charge on any atom is -0.493 e. The Morgan fingerprint density at radius 1 is 1.23 bits per heavy atom. The van der Waals surface area contributed by atoms with Crippen LogP contribution in [0.5, 0.6) is 11.5 Å². The van der Waals surface area contributed by atoms with Gasteiger partial charge < -0.3 is 14.4 Å². The highest BCUT2D eigenvalue weighted by molar-refractivity contribution is 6.31. The molecule has 0 fully saturated rings. The lowest BCUT2D eigenvalue weighted by molar-refractivity contribution is -0.138. The molecular weight excluding hydrogens is 417 g/mol. The van der Waals surface area contributed by atoms with Gasteiger partial charge in [0.25, 0.3) is 0 Å². The van der Waals surface area contributed by atoms with E-state index < -0.39 is 11.9 Å². The maximum Gasteiger partial charge on any atom is 0.226 e. The number of methoxy groups -OCH3 is 2. The average molecular weight is 448 g/mol. The first-order valence-corrected chi connectivity index (χ1v) is 11.3. The number of unbranched alkanes of at least 4 members (excludes halogenated alkanes) is 1. The zero-order valence-corrected chi connectivity index (χ0v) is 19.5. The summed E-state index contributed by atoms with van der Waals surface area (Å²) in [5, 5.41) is 0.312. The number of ether oxygens (including phenoxy) is 2. The van der Waals surface area contributed by atoms with Gasteiger partial charge in [0.15, 0.2) is 11.5 Å². The minimum absolute atomic E-state index is 0.0562. The molecule has 168 valence electrons. The Balaban J connectivity index is 2.16. The number of carbonyl (C=O) groups is 1. The topological polar surface area (TPSA) is 38.8 Å². The van der Waals surface area contributed by atoms with E-state index in [-0.39, 0.29) is 11.8 Å². The summed E-state index contributed by atoms with van der Waals surface area (Å²) in [6, 6.07) is 7.82. The molecule has 1 aliphatic heterocycles. The molecule has 0 N–H and O–H groups in total. The van der Waals surface area contributed by atoms with E-state index in [0.29, 0.717) is 35.1 Å². The molecule has 0 aliphatic carbocycles. The van der Waals surface area contributed by atoms with E-state index in [1.807, 2.05) is 24.0 Å². The van der Waals surface area contributed by atoms with Crippen LogP contribution in [0, 0.1) is 11.7 Å². The van der Waals surface area contributed by atoms with Crippen molar-refractivity contribution >= 4 is 17.5 Å². The second kappa shape index (κ2) is 10.4. The van der Waals surface area contributed by atoms with Crippen molar-refractivity contribution in [2.45, 2.75) is 52.0 Å². The van der Waals surface area contributed by atoms with Crippen molar-refractivity contribution in [2.24, 2.45) is 5.92 Å². The molecule has 2 aromatic carbocycles. The highest BCUT2D eigenvalue weighted by atomic mass is 35.5. The zero-order chi connectivity index (χ0) is 22.5. The van der Waals surface area contributed by atoms with Crippen molar-refractivity contribution in [2.75, 3.05) is 20.8 Å². The van der Waals surface area contributed by atoms with Crippen LogP contribution >= 0.6 is 11.6 Å². The first-order chi connectivity index (χ1) is 15.0. The number of carbonyl (C=O) groups excluding carboxylic acids is 1. The number of benzene rings is 2. The van der Waals surface area contributed by atoms with Crippen LogP contribution < -0.4 is 9.47 Å². The first kappa shape index (κ1) is 23.4. The Bertz CT molecular complexity index is 913. The molecule has 0 saturated carbocycles. The fraction of sp³-hybridized carbons (Fsp3) is 0.480. The van der Waals surface area contributed by atoms with Gasteiger partial charge in [-0.3, -0.25) is 4.79 Å². The number of hydrogen-bond acceptors (Lipinski definition) is 3. The normalized spacial score (nSPS) is 16.6. The van der Waals surface area contributed by atoms with Gasteiger partial charge in [-0.05, 0) is 54.7 Å². The molecule has 0 unspecified atom stereocenters. The second-order valence-corrected chi connectivity index (χ2v) is 8.38. The summed E-state index contributed by atoms with van der Waals surface area (Å²) in [6.07, 6.45) is 4.27. The average Bonchev–Trinajstić information content (AvgIpc) is 2.78. The van der Waals surface area contributed by atoms with E-state index in [1.165, 1.54) is 6.07 Å². The van der Waals surface area contributed by atoms with E-state index in [9.17, 15) is 4.79 Å². The third-order valence-corrected chi connectivity index (χ3v) is 6.51. The van der Waals surface area contributed by atoms with Gasteiger partial charge in [0, 0.05) is 23.0 Å². The van der Waals surface area contributed by atoms with Gasteiger partial charge in [-0.2, -0.15) is 0 Å². The van der Waals surface area contributed by atoms with Crippen LogP contribution in [0.4, 0.5) is 4.39 Å². The molecule has 1 aliphatic rings. The van der Waals surface area contributed by atoms with Crippen LogP contribution in [0.25, 0.3) is 0 Å². The fourth-order valence-corrected chi connectivity index (χ4v) is 4.72.